The molecule has 0 heterocycles. The fourth-order valence-electron chi connectivity index (χ4n) is 2.35. The van der Waals surface area contributed by atoms with Crippen molar-refractivity contribution in [1.82, 2.24) is 0 Å². The third-order valence-electron chi connectivity index (χ3n) is 2.57. The molecule has 0 aromatic rings. The van der Waals surface area contributed by atoms with Gasteiger partial charge in [-0.3, -0.25) is 0 Å². The molecule has 0 fully saturated rings. The predicted molar refractivity (Wildman–Crippen MR) is 65.0 cm³/mol. The van der Waals surface area contributed by atoms with Gasteiger partial charge in [-0.05, 0) is 37.5 Å². The van der Waals surface area contributed by atoms with Crippen molar-refractivity contribution in [3.8, 4) is 0 Å². The van der Waals surface area contributed by atoms with Gasteiger partial charge in [-0.2, -0.15) is 0 Å². The number of aliphatic hydroxyl groups is 1. The average molecular weight is 216 g/mol. The molecule has 0 bridgehead atoms. The van der Waals surface area contributed by atoms with Gasteiger partial charge in [0.2, 0.25) is 0 Å². The maximum Gasteiger partial charge on any atom is 0.0653 e. The monoisotopic (exact) mass is 216 g/mol. The van der Waals surface area contributed by atoms with Crippen LogP contribution in [-0.4, -0.2) is 24.4 Å². The highest BCUT2D eigenvalue weighted by molar-refractivity contribution is 4.80. The van der Waals surface area contributed by atoms with Crippen LogP contribution in [0.5, 0.6) is 0 Å². The van der Waals surface area contributed by atoms with E-state index in [0.717, 1.165) is 32.3 Å². The fraction of sp³-hybridized carbons (Fsp3) is 1.00. The summed E-state index contributed by atoms with van der Waals surface area (Å²) in [6.07, 6.45) is 3.60. The zero-order chi connectivity index (χ0) is 11.9. The summed E-state index contributed by atoms with van der Waals surface area (Å²) in [6.45, 7) is 9.42. The first-order chi connectivity index (χ1) is 6.89. The van der Waals surface area contributed by atoms with Crippen LogP contribution in [0.15, 0.2) is 0 Å². The van der Waals surface area contributed by atoms with Gasteiger partial charge < -0.3 is 9.84 Å². The van der Waals surface area contributed by atoms with Crippen LogP contribution in [0.4, 0.5) is 0 Å². The van der Waals surface area contributed by atoms with E-state index >= 15 is 0 Å². The number of methoxy groups -OCH3 is 1. The van der Waals surface area contributed by atoms with Gasteiger partial charge in [-0.1, -0.05) is 27.7 Å². The molecule has 0 radical (unpaired) electrons. The third-order valence-corrected chi connectivity index (χ3v) is 2.57. The number of hydrogen-bond acceptors (Lipinski definition) is 2. The Morgan fingerprint density at radius 3 is 1.87 bits per heavy atom. The summed E-state index contributed by atoms with van der Waals surface area (Å²) in [7, 11) is 1.71. The van der Waals surface area contributed by atoms with Crippen molar-refractivity contribution < 1.29 is 9.84 Å². The SMILES string of the molecule is COCCCC(O)(CC(C)C)CC(C)C. The lowest BCUT2D eigenvalue weighted by Gasteiger charge is -2.31. The van der Waals surface area contributed by atoms with Gasteiger partial charge in [-0.25, -0.2) is 0 Å². The minimum absolute atomic E-state index is 0.485. The summed E-state index contributed by atoms with van der Waals surface area (Å²) >= 11 is 0. The molecule has 0 aliphatic rings. The Labute approximate surface area is 95.0 Å². The molecule has 0 aromatic carbocycles. The lowest BCUT2D eigenvalue weighted by Crippen LogP contribution is -2.32. The number of hydrogen-bond donors (Lipinski definition) is 1. The van der Waals surface area contributed by atoms with E-state index < -0.39 is 5.60 Å². The molecule has 0 aliphatic carbocycles. The Morgan fingerprint density at radius 2 is 1.53 bits per heavy atom. The molecule has 15 heavy (non-hydrogen) atoms. The maximum atomic E-state index is 10.5. The first kappa shape index (κ1) is 14.9. The van der Waals surface area contributed by atoms with Gasteiger partial charge in [0.25, 0.3) is 0 Å². The second-order valence-electron chi connectivity index (χ2n) is 5.52. The highest BCUT2D eigenvalue weighted by atomic mass is 16.5. The highest BCUT2D eigenvalue weighted by Crippen LogP contribution is 2.29. The highest BCUT2D eigenvalue weighted by Gasteiger charge is 2.28. The smallest absolute Gasteiger partial charge is 0.0653 e. The molecule has 0 amide bonds. The van der Waals surface area contributed by atoms with Crippen LogP contribution in [0, 0.1) is 11.8 Å². The maximum absolute atomic E-state index is 10.5. The van der Waals surface area contributed by atoms with E-state index in [0.29, 0.717) is 11.8 Å². The molecule has 0 rings (SSSR count). The minimum atomic E-state index is -0.485. The largest absolute Gasteiger partial charge is 0.390 e. The van der Waals surface area contributed by atoms with Crippen LogP contribution in [0.25, 0.3) is 0 Å². The summed E-state index contributed by atoms with van der Waals surface area (Å²) < 4.78 is 5.04. The molecular formula is C13H28O2. The van der Waals surface area contributed by atoms with Crippen LogP contribution < -0.4 is 0 Å². The molecule has 1 N–H and O–H groups in total. The quantitative estimate of drug-likeness (QED) is 0.631. The number of ether oxygens (including phenoxy) is 1. The molecule has 0 spiro atoms. The first-order valence-corrected chi connectivity index (χ1v) is 6.11. The molecule has 0 saturated heterocycles. The van der Waals surface area contributed by atoms with E-state index in [2.05, 4.69) is 27.7 Å². The molecule has 0 aromatic heterocycles. The van der Waals surface area contributed by atoms with Gasteiger partial charge in [0.05, 0.1) is 5.60 Å². The summed E-state index contributed by atoms with van der Waals surface area (Å²) in [5, 5.41) is 10.5. The lowest BCUT2D eigenvalue weighted by atomic mass is 9.82. The van der Waals surface area contributed by atoms with Gasteiger partial charge in [0, 0.05) is 13.7 Å². The normalized spacial score (nSPS) is 12.8. The molecule has 0 aliphatic heterocycles. The van der Waals surface area contributed by atoms with Crippen LogP contribution in [-0.2, 0) is 4.74 Å². The lowest BCUT2D eigenvalue weighted by molar-refractivity contribution is -0.0136. The third kappa shape index (κ3) is 7.80. The van der Waals surface area contributed by atoms with Gasteiger partial charge in [0.15, 0.2) is 0 Å². The van der Waals surface area contributed by atoms with Gasteiger partial charge >= 0.3 is 0 Å². The van der Waals surface area contributed by atoms with E-state index in [1.54, 1.807) is 7.11 Å². The van der Waals surface area contributed by atoms with E-state index in [9.17, 15) is 5.11 Å². The van der Waals surface area contributed by atoms with Crippen LogP contribution in [0.2, 0.25) is 0 Å². The Bertz CT molecular complexity index is 143. The Balaban J connectivity index is 4.14. The topological polar surface area (TPSA) is 29.5 Å². The average Bonchev–Trinajstić information content (AvgIpc) is 2.00. The van der Waals surface area contributed by atoms with Crippen LogP contribution in [0.1, 0.15) is 53.4 Å². The van der Waals surface area contributed by atoms with Crippen molar-refractivity contribution in [1.29, 1.82) is 0 Å². The van der Waals surface area contributed by atoms with Crippen molar-refractivity contribution >= 4 is 0 Å². The van der Waals surface area contributed by atoms with E-state index in [1.807, 2.05) is 0 Å². The van der Waals surface area contributed by atoms with Crippen molar-refractivity contribution in [2.75, 3.05) is 13.7 Å². The predicted octanol–water partition coefficient (Wildman–Crippen LogP) is 3.24. The second kappa shape index (κ2) is 7.24. The first-order valence-electron chi connectivity index (χ1n) is 6.11. The molecule has 0 atom stereocenters. The van der Waals surface area contributed by atoms with E-state index in [4.69, 9.17) is 4.74 Å². The molecule has 2 heteroatoms. The van der Waals surface area contributed by atoms with Crippen molar-refractivity contribution in [2.24, 2.45) is 11.8 Å². The molecule has 2 nitrogen and oxygen atoms in total. The fourth-order valence-corrected chi connectivity index (χ4v) is 2.35. The van der Waals surface area contributed by atoms with Crippen molar-refractivity contribution in [3.63, 3.8) is 0 Å². The Morgan fingerprint density at radius 1 is 1.07 bits per heavy atom. The minimum Gasteiger partial charge on any atom is -0.390 e. The summed E-state index contributed by atoms with van der Waals surface area (Å²) in [4.78, 5) is 0. The van der Waals surface area contributed by atoms with Gasteiger partial charge in [0.1, 0.15) is 0 Å². The standard InChI is InChI=1S/C13H28O2/c1-11(2)9-13(14,10-12(3)4)7-6-8-15-5/h11-12,14H,6-10H2,1-5H3. The van der Waals surface area contributed by atoms with Crippen LogP contribution in [0.3, 0.4) is 0 Å². The Hall–Kier alpha value is -0.0800. The van der Waals surface area contributed by atoms with Gasteiger partial charge in [-0.15, -0.1) is 0 Å². The molecule has 92 valence electrons. The van der Waals surface area contributed by atoms with Crippen LogP contribution >= 0.6 is 0 Å². The molecule has 0 saturated carbocycles. The number of rotatable bonds is 8. The van der Waals surface area contributed by atoms with E-state index in [-0.39, 0.29) is 0 Å². The van der Waals surface area contributed by atoms with Crippen molar-refractivity contribution in [3.05, 3.63) is 0 Å². The van der Waals surface area contributed by atoms with Crippen molar-refractivity contribution in [2.45, 2.75) is 59.0 Å². The summed E-state index contributed by atoms with van der Waals surface area (Å²) in [5.41, 5.74) is -0.485. The zero-order valence-electron chi connectivity index (χ0n) is 11.0. The molecular weight excluding hydrogens is 188 g/mol. The summed E-state index contributed by atoms with van der Waals surface area (Å²) in [6, 6.07) is 0. The molecule has 0 unspecified atom stereocenters. The van der Waals surface area contributed by atoms with E-state index in [1.165, 1.54) is 0 Å². The second-order valence-corrected chi connectivity index (χ2v) is 5.52. The summed E-state index contributed by atoms with van der Waals surface area (Å²) in [5.74, 6) is 1.10. The Kier molecular flexibility index (Phi) is 7.20. The zero-order valence-corrected chi connectivity index (χ0v) is 11.0.